The van der Waals surface area contributed by atoms with E-state index in [0.717, 1.165) is 17.1 Å². The van der Waals surface area contributed by atoms with Crippen LogP contribution in [0.1, 0.15) is 0 Å². The van der Waals surface area contributed by atoms with Gasteiger partial charge in [-0.1, -0.05) is 188 Å². The number of hydrogen-bond acceptors (Lipinski definition) is 2. The minimum Gasteiger partial charge on any atom is -0.309 e. The molecule has 1 heterocycles. The number of nitrogens with zero attached hydrogens (tertiary/aromatic N) is 1. The Morgan fingerprint density at radius 3 is 1.52 bits per heavy atom. The van der Waals surface area contributed by atoms with E-state index in [1.165, 1.54) is 86.2 Å². The lowest BCUT2D eigenvalue weighted by molar-refractivity contribution is 1.29. The Labute approximate surface area is 342 Å². The Morgan fingerprint density at radius 2 is 0.759 bits per heavy atom. The fourth-order valence-corrected chi connectivity index (χ4v) is 10.0. The predicted octanol–water partition coefficient (Wildman–Crippen LogP) is 16.5. The largest absolute Gasteiger partial charge is 0.309 e. The average Bonchev–Trinajstić information content (AvgIpc) is 3.69. The number of benzene rings is 10. The lowest BCUT2D eigenvalue weighted by atomic mass is 9.90. The zero-order chi connectivity index (χ0) is 38.4. The van der Waals surface area contributed by atoms with Gasteiger partial charge in [0.2, 0.25) is 0 Å². The van der Waals surface area contributed by atoms with Crippen LogP contribution in [0.25, 0.3) is 86.2 Å². The maximum Gasteiger partial charge on any atom is 0.0540 e. The lowest BCUT2D eigenvalue weighted by Crippen LogP contribution is -2.12. The predicted molar refractivity (Wildman–Crippen MR) is 251 cm³/mol. The standard InChI is InChI=1S/C56H37NS/c1-2-16-39(17-3-1)44-26-13-20-41-21-14-29-49(55(41)44)48-24-7-10-31-52(48)57(51-30-9-6-23-47(51)46-28-12-19-38-18-4-5-22-43(38)46)42-36-34-40(35-37-42)45-27-15-33-54-56(45)50-25-8-11-32-53(50)58-54/h1-37H. The number of rotatable bonds is 7. The third-order valence-electron chi connectivity index (χ3n) is 11.5. The summed E-state index contributed by atoms with van der Waals surface area (Å²) in [6.07, 6.45) is 0. The van der Waals surface area contributed by atoms with Crippen LogP contribution in [0.4, 0.5) is 17.1 Å². The van der Waals surface area contributed by atoms with E-state index in [0.29, 0.717) is 0 Å². The highest BCUT2D eigenvalue weighted by Gasteiger charge is 2.23. The van der Waals surface area contributed by atoms with E-state index < -0.39 is 0 Å². The van der Waals surface area contributed by atoms with Crippen molar-refractivity contribution >= 4 is 70.1 Å². The molecular formula is C56H37NS. The van der Waals surface area contributed by atoms with Crippen LogP contribution in [-0.2, 0) is 0 Å². The molecule has 0 aliphatic heterocycles. The van der Waals surface area contributed by atoms with Crippen LogP contribution in [-0.4, -0.2) is 0 Å². The first-order valence-corrected chi connectivity index (χ1v) is 20.7. The Kier molecular flexibility index (Phi) is 8.42. The second-order valence-corrected chi connectivity index (χ2v) is 15.9. The molecule has 10 aromatic carbocycles. The van der Waals surface area contributed by atoms with Crippen molar-refractivity contribution in [3.8, 4) is 44.5 Å². The van der Waals surface area contributed by atoms with E-state index in [9.17, 15) is 0 Å². The first-order valence-electron chi connectivity index (χ1n) is 19.8. The van der Waals surface area contributed by atoms with Crippen LogP contribution in [0, 0.1) is 0 Å². The molecule has 11 rings (SSSR count). The summed E-state index contributed by atoms with van der Waals surface area (Å²) in [4.78, 5) is 2.47. The molecule has 0 saturated carbocycles. The second-order valence-electron chi connectivity index (χ2n) is 14.8. The number of fused-ring (bicyclic) bond motifs is 5. The van der Waals surface area contributed by atoms with Gasteiger partial charge < -0.3 is 4.90 Å². The van der Waals surface area contributed by atoms with Gasteiger partial charge in [-0.05, 0) is 91.3 Å². The smallest absolute Gasteiger partial charge is 0.0540 e. The van der Waals surface area contributed by atoms with Gasteiger partial charge in [-0.2, -0.15) is 0 Å². The van der Waals surface area contributed by atoms with Crippen LogP contribution in [0.2, 0.25) is 0 Å². The summed E-state index contributed by atoms with van der Waals surface area (Å²) in [5.74, 6) is 0. The molecule has 0 fully saturated rings. The van der Waals surface area contributed by atoms with Crippen LogP contribution in [0.15, 0.2) is 224 Å². The highest BCUT2D eigenvalue weighted by atomic mass is 32.1. The lowest BCUT2D eigenvalue weighted by Gasteiger charge is -2.30. The zero-order valence-corrected chi connectivity index (χ0v) is 32.5. The maximum atomic E-state index is 2.47. The van der Waals surface area contributed by atoms with E-state index in [1.54, 1.807) is 0 Å². The van der Waals surface area contributed by atoms with E-state index >= 15 is 0 Å². The minimum atomic E-state index is 1.09. The third-order valence-corrected chi connectivity index (χ3v) is 12.6. The number of para-hydroxylation sites is 2. The molecule has 0 spiro atoms. The molecule has 2 heteroatoms. The molecule has 272 valence electrons. The summed E-state index contributed by atoms with van der Waals surface area (Å²) < 4.78 is 2.63. The van der Waals surface area contributed by atoms with Crippen LogP contribution >= 0.6 is 11.3 Å². The molecule has 0 saturated heterocycles. The molecule has 0 aliphatic carbocycles. The highest BCUT2D eigenvalue weighted by molar-refractivity contribution is 7.25. The number of thiophene rings is 1. The van der Waals surface area contributed by atoms with E-state index in [1.807, 2.05) is 11.3 Å². The number of hydrogen-bond donors (Lipinski definition) is 0. The molecule has 11 aromatic rings. The Hall–Kier alpha value is -7.26. The van der Waals surface area contributed by atoms with E-state index in [2.05, 4.69) is 229 Å². The summed E-state index contributed by atoms with van der Waals surface area (Å²) in [7, 11) is 0. The van der Waals surface area contributed by atoms with Crippen LogP contribution in [0.5, 0.6) is 0 Å². The summed E-state index contributed by atoms with van der Waals surface area (Å²) in [5.41, 5.74) is 13.0. The molecule has 0 N–H and O–H groups in total. The zero-order valence-electron chi connectivity index (χ0n) is 31.7. The fraction of sp³-hybridized carbons (Fsp3) is 0. The summed E-state index contributed by atoms with van der Waals surface area (Å²) in [6.45, 7) is 0. The number of anilines is 3. The molecule has 0 aliphatic rings. The molecule has 0 atom stereocenters. The van der Waals surface area contributed by atoms with Gasteiger partial charge in [0.05, 0.1) is 11.4 Å². The van der Waals surface area contributed by atoms with Crippen molar-refractivity contribution < 1.29 is 0 Å². The van der Waals surface area contributed by atoms with Crippen molar-refractivity contribution in [2.45, 2.75) is 0 Å². The SMILES string of the molecule is c1ccc(-c2cccc3cccc(-c4ccccc4N(c4ccc(-c5cccc6sc7ccccc7c56)cc4)c4ccccc4-c4cccc5ccccc45)c23)cc1. The van der Waals surface area contributed by atoms with Crippen LogP contribution < -0.4 is 4.90 Å². The minimum absolute atomic E-state index is 1.09. The highest BCUT2D eigenvalue weighted by Crippen LogP contribution is 2.48. The Balaban J connectivity index is 1.15. The van der Waals surface area contributed by atoms with Crippen LogP contribution in [0.3, 0.4) is 0 Å². The van der Waals surface area contributed by atoms with Gasteiger partial charge in [-0.3, -0.25) is 0 Å². The van der Waals surface area contributed by atoms with Gasteiger partial charge >= 0.3 is 0 Å². The summed E-state index contributed by atoms with van der Waals surface area (Å²) >= 11 is 1.86. The second kappa shape index (κ2) is 14.4. The van der Waals surface area contributed by atoms with Crippen molar-refractivity contribution in [3.05, 3.63) is 224 Å². The molecule has 0 unspecified atom stereocenters. The Bertz CT molecular complexity index is 3270. The quantitative estimate of drug-likeness (QED) is 0.157. The summed E-state index contributed by atoms with van der Waals surface area (Å²) in [6, 6.07) is 82.0. The third kappa shape index (κ3) is 5.77. The van der Waals surface area contributed by atoms with Gasteiger partial charge in [0, 0.05) is 37.0 Å². The van der Waals surface area contributed by atoms with Crippen molar-refractivity contribution in [1.82, 2.24) is 0 Å². The molecule has 58 heavy (non-hydrogen) atoms. The molecule has 0 amide bonds. The fourth-order valence-electron chi connectivity index (χ4n) is 8.89. The first kappa shape index (κ1) is 34.0. The van der Waals surface area contributed by atoms with Gasteiger partial charge in [-0.25, -0.2) is 0 Å². The van der Waals surface area contributed by atoms with Crippen molar-refractivity contribution in [1.29, 1.82) is 0 Å². The first-order chi connectivity index (χ1) is 28.8. The molecule has 0 bridgehead atoms. The van der Waals surface area contributed by atoms with E-state index in [-0.39, 0.29) is 0 Å². The van der Waals surface area contributed by atoms with E-state index in [4.69, 9.17) is 0 Å². The summed E-state index contributed by atoms with van der Waals surface area (Å²) in [5, 5.41) is 7.56. The van der Waals surface area contributed by atoms with Gasteiger partial charge in [0.1, 0.15) is 0 Å². The molecule has 1 aromatic heterocycles. The van der Waals surface area contributed by atoms with Gasteiger partial charge in [-0.15, -0.1) is 11.3 Å². The Morgan fingerprint density at radius 1 is 0.276 bits per heavy atom. The average molecular weight is 756 g/mol. The topological polar surface area (TPSA) is 3.24 Å². The normalized spacial score (nSPS) is 11.4. The van der Waals surface area contributed by atoms with Crippen molar-refractivity contribution in [2.24, 2.45) is 0 Å². The van der Waals surface area contributed by atoms with Gasteiger partial charge in [0.15, 0.2) is 0 Å². The molecule has 0 radical (unpaired) electrons. The maximum absolute atomic E-state index is 2.47. The molecular weight excluding hydrogens is 719 g/mol. The van der Waals surface area contributed by atoms with Gasteiger partial charge in [0.25, 0.3) is 0 Å². The molecule has 1 nitrogen and oxygen atoms in total. The van der Waals surface area contributed by atoms with Crippen molar-refractivity contribution in [2.75, 3.05) is 4.90 Å². The monoisotopic (exact) mass is 755 g/mol. The van der Waals surface area contributed by atoms with Crippen molar-refractivity contribution in [3.63, 3.8) is 0 Å².